The number of hydrogen-bond donors (Lipinski definition) is 1. The molecule has 6 heteroatoms. The van der Waals surface area contributed by atoms with E-state index in [4.69, 9.17) is 16.3 Å². The molecule has 2 rings (SSSR count). The largest absolute Gasteiger partial charge is 0.465 e. The van der Waals surface area contributed by atoms with Crippen LogP contribution in [0.2, 0.25) is 5.02 Å². The molecule has 0 fully saturated rings. The van der Waals surface area contributed by atoms with Crippen molar-refractivity contribution >= 4 is 50.5 Å². The number of carbonyl (C=O) groups is 1. The van der Waals surface area contributed by atoms with E-state index in [1.54, 1.807) is 29.5 Å². The van der Waals surface area contributed by atoms with Crippen LogP contribution in [0.15, 0.2) is 34.1 Å². The molecule has 0 saturated heterocycles. The fourth-order valence-electron chi connectivity index (χ4n) is 1.83. The number of anilines is 1. The average Bonchev–Trinajstić information content (AvgIpc) is 2.86. The number of benzene rings is 1. The van der Waals surface area contributed by atoms with Gasteiger partial charge in [0.1, 0.15) is 0 Å². The highest BCUT2D eigenvalue weighted by Crippen LogP contribution is 2.32. The van der Waals surface area contributed by atoms with Crippen molar-refractivity contribution in [3.05, 3.63) is 49.6 Å². The summed E-state index contributed by atoms with van der Waals surface area (Å²) < 4.78 is 5.84. The molecule has 1 unspecified atom stereocenters. The zero-order chi connectivity index (χ0) is 14.7. The van der Waals surface area contributed by atoms with Gasteiger partial charge >= 0.3 is 5.97 Å². The molecule has 20 heavy (non-hydrogen) atoms. The number of thiophene rings is 1. The summed E-state index contributed by atoms with van der Waals surface area (Å²) in [5.74, 6) is -0.410. The van der Waals surface area contributed by atoms with E-state index in [9.17, 15) is 4.79 Å². The molecular weight excluding hydrogens is 362 g/mol. The fraction of sp³-hybridized carbons (Fsp3) is 0.214. The normalized spacial score (nSPS) is 12.0. The van der Waals surface area contributed by atoms with Crippen molar-refractivity contribution < 1.29 is 9.53 Å². The summed E-state index contributed by atoms with van der Waals surface area (Å²) >= 11 is 11.1. The van der Waals surface area contributed by atoms with Gasteiger partial charge in [0, 0.05) is 20.1 Å². The number of rotatable bonds is 4. The predicted molar refractivity (Wildman–Crippen MR) is 86.8 cm³/mol. The van der Waals surface area contributed by atoms with Crippen LogP contribution in [0.1, 0.15) is 28.2 Å². The second kappa shape index (κ2) is 6.61. The van der Waals surface area contributed by atoms with Gasteiger partial charge in [-0.3, -0.25) is 0 Å². The second-order valence-electron chi connectivity index (χ2n) is 4.18. The zero-order valence-electron chi connectivity index (χ0n) is 10.9. The molecule has 0 aliphatic heterocycles. The minimum absolute atomic E-state index is 0.0638. The van der Waals surface area contributed by atoms with E-state index < -0.39 is 5.97 Å². The van der Waals surface area contributed by atoms with Crippen LogP contribution in [-0.2, 0) is 4.74 Å². The molecule has 106 valence electrons. The Morgan fingerprint density at radius 1 is 1.45 bits per heavy atom. The third-order valence-electron chi connectivity index (χ3n) is 2.80. The minimum atomic E-state index is -0.410. The molecule has 2 aromatic rings. The molecule has 1 aromatic heterocycles. The first-order chi connectivity index (χ1) is 9.52. The monoisotopic (exact) mass is 373 g/mol. The van der Waals surface area contributed by atoms with Gasteiger partial charge in [0.05, 0.1) is 18.7 Å². The molecule has 1 N–H and O–H groups in total. The maximum absolute atomic E-state index is 11.8. The van der Waals surface area contributed by atoms with E-state index in [1.807, 2.05) is 18.4 Å². The van der Waals surface area contributed by atoms with Crippen molar-refractivity contribution in [2.24, 2.45) is 0 Å². The van der Waals surface area contributed by atoms with Crippen LogP contribution in [0.5, 0.6) is 0 Å². The third-order valence-corrected chi connectivity index (χ3v) is 5.09. The number of ether oxygens (including phenoxy) is 1. The number of hydrogen-bond acceptors (Lipinski definition) is 4. The first kappa shape index (κ1) is 15.4. The lowest BCUT2D eigenvalue weighted by atomic mass is 10.1. The quantitative estimate of drug-likeness (QED) is 0.754. The Morgan fingerprint density at radius 3 is 2.80 bits per heavy atom. The molecule has 3 nitrogen and oxygen atoms in total. The summed E-state index contributed by atoms with van der Waals surface area (Å²) in [6, 6.07) is 7.20. The Kier molecular flexibility index (Phi) is 5.07. The lowest BCUT2D eigenvalue weighted by Crippen LogP contribution is -2.11. The van der Waals surface area contributed by atoms with Gasteiger partial charge < -0.3 is 10.1 Å². The van der Waals surface area contributed by atoms with Crippen LogP contribution < -0.4 is 5.32 Å². The highest BCUT2D eigenvalue weighted by Gasteiger charge is 2.16. The van der Waals surface area contributed by atoms with Gasteiger partial charge in [0.15, 0.2) is 0 Å². The Balaban J connectivity index is 2.29. The van der Waals surface area contributed by atoms with Gasteiger partial charge in [0.25, 0.3) is 0 Å². The second-order valence-corrected chi connectivity index (χ2v) is 6.42. The molecule has 1 aromatic carbocycles. The molecule has 0 aliphatic rings. The van der Waals surface area contributed by atoms with E-state index in [2.05, 4.69) is 21.2 Å². The topological polar surface area (TPSA) is 38.3 Å². The van der Waals surface area contributed by atoms with Gasteiger partial charge in [-0.15, -0.1) is 11.3 Å². The van der Waals surface area contributed by atoms with Crippen molar-refractivity contribution in [3.63, 3.8) is 0 Å². The summed E-state index contributed by atoms with van der Waals surface area (Å²) in [5, 5.41) is 5.83. The molecule has 0 bridgehead atoms. The van der Waals surface area contributed by atoms with E-state index in [-0.39, 0.29) is 6.04 Å². The number of halogens is 2. The van der Waals surface area contributed by atoms with Crippen molar-refractivity contribution in [1.82, 2.24) is 0 Å². The lowest BCUT2D eigenvalue weighted by molar-refractivity contribution is 0.0602. The SMILES string of the molecule is COC(=O)c1cc(Cl)ccc1NC(C)c1sccc1Br. The highest BCUT2D eigenvalue weighted by molar-refractivity contribution is 9.10. The predicted octanol–water partition coefficient (Wildman–Crippen LogP) is 5.12. The van der Waals surface area contributed by atoms with Gasteiger partial charge in [-0.05, 0) is 52.5 Å². The van der Waals surface area contributed by atoms with Crippen LogP contribution in [-0.4, -0.2) is 13.1 Å². The minimum Gasteiger partial charge on any atom is -0.465 e. The first-order valence-corrected chi connectivity index (χ1v) is 7.95. The number of nitrogens with one attached hydrogen (secondary N) is 1. The molecule has 0 spiro atoms. The van der Waals surface area contributed by atoms with E-state index >= 15 is 0 Å². The van der Waals surface area contributed by atoms with Gasteiger partial charge in [-0.25, -0.2) is 4.79 Å². The molecule has 0 saturated carbocycles. The van der Waals surface area contributed by atoms with Crippen LogP contribution in [0.3, 0.4) is 0 Å². The first-order valence-electron chi connectivity index (χ1n) is 5.90. The molecule has 0 radical (unpaired) electrons. The molecule has 0 amide bonds. The smallest absolute Gasteiger partial charge is 0.340 e. The van der Waals surface area contributed by atoms with Crippen molar-refractivity contribution in [2.75, 3.05) is 12.4 Å². The molecular formula is C14H13BrClNO2S. The van der Waals surface area contributed by atoms with E-state index in [1.165, 1.54) is 7.11 Å². The number of esters is 1. The van der Waals surface area contributed by atoms with Crippen LogP contribution in [0.4, 0.5) is 5.69 Å². The summed E-state index contributed by atoms with van der Waals surface area (Å²) in [7, 11) is 1.35. The van der Waals surface area contributed by atoms with Crippen molar-refractivity contribution in [3.8, 4) is 0 Å². The summed E-state index contributed by atoms with van der Waals surface area (Å²) in [6.45, 7) is 2.03. The number of methoxy groups -OCH3 is 1. The van der Waals surface area contributed by atoms with Gasteiger partial charge in [-0.2, -0.15) is 0 Å². The van der Waals surface area contributed by atoms with Crippen molar-refractivity contribution in [2.45, 2.75) is 13.0 Å². The van der Waals surface area contributed by atoms with Crippen LogP contribution >= 0.6 is 38.9 Å². The maximum atomic E-state index is 11.8. The van der Waals surface area contributed by atoms with Crippen molar-refractivity contribution in [1.29, 1.82) is 0 Å². The van der Waals surface area contributed by atoms with Crippen LogP contribution in [0.25, 0.3) is 0 Å². The summed E-state index contributed by atoms with van der Waals surface area (Å²) in [4.78, 5) is 13.0. The molecule has 1 heterocycles. The Morgan fingerprint density at radius 2 is 2.20 bits per heavy atom. The highest BCUT2D eigenvalue weighted by atomic mass is 79.9. The average molecular weight is 375 g/mol. The van der Waals surface area contributed by atoms with Gasteiger partial charge in [0.2, 0.25) is 0 Å². The molecule has 0 aliphatic carbocycles. The van der Waals surface area contributed by atoms with Gasteiger partial charge in [-0.1, -0.05) is 11.6 Å². The standard InChI is InChI=1S/C14H13BrClNO2S/c1-8(13-11(15)5-6-20-13)17-12-4-3-9(16)7-10(12)14(18)19-2/h3-8,17H,1-2H3. The maximum Gasteiger partial charge on any atom is 0.340 e. The molecule has 1 atom stereocenters. The lowest BCUT2D eigenvalue weighted by Gasteiger charge is -2.17. The van der Waals surface area contributed by atoms with Crippen LogP contribution in [0, 0.1) is 0 Å². The Labute approximate surface area is 135 Å². The zero-order valence-corrected chi connectivity index (χ0v) is 14.1. The number of carbonyl (C=O) groups excluding carboxylic acids is 1. The summed E-state index contributed by atoms with van der Waals surface area (Å²) in [6.07, 6.45) is 0. The van der Waals surface area contributed by atoms with E-state index in [0.717, 1.165) is 9.35 Å². The summed E-state index contributed by atoms with van der Waals surface area (Å²) in [5.41, 5.74) is 1.13. The Bertz CT molecular complexity index is 629. The Hall–Kier alpha value is -1.04. The van der Waals surface area contributed by atoms with E-state index in [0.29, 0.717) is 16.3 Å². The third kappa shape index (κ3) is 3.34. The fourth-order valence-corrected chi connectivity index (χ4v) is 3.73.